The topological polar surface area (TPSA) is 80.3 Å². The molecular weight excluding hydrogens is 242 g/mol. The molecule has 19 heavy (non-hydrogen) atoms. The third-order valence-electron chi connectivity index (χ3n) is 3.74. The Bertz CT molecular complexity index is 687. The number of aromatic nitrogens is 1. The standard InChI is InChI=1S/C14H17N3O2/c1-17-13-3-2-8(15)4-11(13)12(7-14(17)19)16-9-5-10(18)6-9/h2-4,7,9-10,16,18H,5-6,15H2,1H3/t9-,10-. The molecule has 0 atom stereocenters. The number of anilines is 2. The van der Waals surface area contributed by atoms with E-state index in [1.807, 2.05) is 12.1 Å². The lowest BCUT2D eigenvalue weighted by Crippen LogP contribution is -2.39. The molecule has 1 saturated carbocycles. The first-order valence-electron chi connectivity index (χ1n) is 6.38. The van der Waals surface area contributed by atoms with Gasteiger partial charge in [-0.3, -0.25) is 4.79 Å². The zero-order chi connectivity index (χ0) is 13.6. The highest BCUT2D eigenvalue weighted by Crippen LogP contribution is 2.28. The Balaban J connectivity index is 2.09. The summed E-state index contributed by atoms with van der Waals surface area (Å²) in [5.74, 6) is 0. The van der Waals surface area contributed by atoms with Crippen molar-refractivity contribution >= 4 is 22.3 Å². The third-order valence-corrected chi connectivity index (χ3v) is 3.74. The first-order valence-corrected chi connectivity index (χ1v) is 6.38. The van der Waals surface area contributed by atoms with Crippen LogP contribution in [0.15, 0.2) is 29.1 Å². The maximum Gasteiger partial charge on any atom is 0.252 e. The maximum absolute atomic E-state index is 11.9. The van der Waals surface area contributed by atoms with Gasteiger partial charge in [0, 0.05) is 35.9 Å². The van der Waals surface area contributed by atoms with Gasteiger partial charge >= 0.3 is 0 Å². The number of fused-ring (bicyclic) bond motifs is 1. The molecule has 1 aromatic carbocycles. The van der Waals surface area contributed by atoms with Gasteiger partial charge in [-0.2, -0.15) is 0 Å². The van der Waals surface area contributed by atoms with Crippen LogP contribution in [-0.2, 0) is 7.05 Å². The lowest BCUT2D eigenvalue weighted by molar-refractivity contribution is 0.0837. The van der Waals surface area contributed by atoms with Crippen molar-refractivity contribution in [2.45, 2.75) is 25.0 Å². The molecule has 1 aliphatic rings. The number of nitrogens with one attached hydrogen (secondary N) is 1. The van der Waals surface area contributed by atoms with E-state index in [9.17, 15) is 9.90 Å². The molecule has 0 saturated heterocycles. The lowest BCUT2D eigenvalue weighted by Gasteiger charge is -2.33. The first-order chi connectivity index (χ1) is 9.04. The van der Waals surface area contributed by atoms with Crippen LogP contribution in [0.4, 0.5) is 11.4 Å². The van der Waals surface area contributed by atoms with Crippen molar-refractivity contribution in [1.82, 2.24) is 4.57 Å². The minimum atomic E-state index is -0.222. The number of hydrogen-bond donors (Lipinski definition) is 3. The average Bonchev–Trinajstić information content (AvgIpc) is 2.33. The Labute approximate surface area is 110 Å². The van der Waals surface area contributed by atoms with Gasteiger partial charge in [0.15, 0.2) is 0 Å². The molecule has 3 rings (SSSR count). The molecule has 2 aromatic rings. The van der Waals surface area contributed by atoms with Gasteiger partial charge in [0.2, 0.25) is 0 Å². The van der Waals surface area contributed by atoms with Crippen molar-refractivity contribution in [2.75, 3.05) is 11.1 Å². The number of aryl methyl sites for hydroxylation is 1. The van der Waals surface area contributed by atoms with Crippen molar-refractivity contribution in [3.63, 3.8) is 0 Å². The summed E-state index contributed by atoms with van der Waals surface area (Å²) in [4.78, 5) is 11.9. The zero-order valence-corrected chi connectivity index (χ0v) is 10.8. The molecule has 0 bridgehead atoms. The smallest absolute Gasteiger partial charge is 0.252 e. The van der Waals surface area contributed by atoms with Gasteiger partial charge in [0.25, 0.3) is 5.56 Å². The van der Waals surface area contributed by atoms with Crippen LogP contribution in [0, 0.1) is 0 Å². The monoisotopic (exact) mass is 259 g/mol. The maximum atomic E-state index is 11.9. The van der Waals surface area contributed by atoms with Crippen LogP contribution in [0.25, 0.3) is 10.9 Å². The number of aliphatic hydroxyl groups excluding tert-OH is 1. The van der Waals surface area contributed by atoms with Crippen molar-refractivity contribution in [3.05, 3.63) is 34.6 Å². The van der Waals surface area contributed by atoms with E-state index in [2.05, 4.69) is 5.32 Å². The van der Waals surface area contributed by atoms with Crippen LogP contribution in [0.5, 0.6) is 0 Å². The lowest BCUT2D eigenvalue weighted by atomic mass is 9.89. The average molecular weight is 259 g/mol. The molecular formula is C14H17N3O2. The molecule has 1 aliphatic carbocycles. The number of nitrogens with zero attached hydrogens (tertiary/aromatic N) is 1. The van der Waals surface area contributed by atoms with Gasteiger partial charge in [0.05, 0.1) is 11.6 Å². The number of aliphatic hydroxyl groups is 1. The second kappa shape index (κ2) is 4.28. The van der Waals surface area contributed by atoms with E-state index in [1.54, 1.807) is 23.7 Å². The Morgan fingerprint density at radius 2 is 2.11 bits per heavy atom. The number of nitrogens with two attached hydrogens (primary N) is 1. The van der Waals surface area contributed by atoms with Gasteiger partial charge in [-0.1, -0.05) is 0 Å². The number of pyridine rings is 1. The van der Waals surface area contributed by atoms with E-state index < -0.39 is 0 Å². The summed E-state index contributed by atoms with van der Waals surface area (Å²) >= 11 is 0. The van der Waals surface area contributed by atoms with Gasteiger partial charge in [-0.25, -0.2) is 0 Å². The number of benzene rings is 1. The number of rotatable bonds is 2. The molecule has 0 amide bonds. The third kappa shape index (κ3) is 2.06. The van der Waals surface area contributed by atoms with Crippen molar-refractivity contribution in [2.24, 2.45) is 7.05 Å². The summed E-state index contributed by atoms with van der Waals surface area (Å²) in [6.07, 6.45) is 1.22. The SMILES string of the molecule is Cn1c(=O)cc(N[C@H]2C[C@H](O)C2)c2cc(N)ccc21. The fourth-order valence-electron chi connectivity index (χ4n) is 2.52. The number of hydrogen-bond acceptors (Lipinski definition) is 4. The quantitative estimate of drug-likeness (QED) is 0.704. The van der Waals surface area contributed by atoms with Crippen LogP contribution in [0.1, 0.15) is 12.8 Å². The Kier molecular flexibility index (Phi) is 2.71. The fraction of sp³-hybridized carbons (Fsp3) is 0.357. The predicted octanol–water partition coefficient (Wildman–Crippen LogP) is 1.06. The fourth-order valence-corrected chi connectivity index (χ4v) is 2.52. The van der Waals surface area contributed by atoms with Crippen LogP contribution >= 0.6 is 0 Å². The minimum Gasteiger partial charge on any atom is -0.399 e. The zero-order valence-electron chi connectivity index (χ0n) is 10.8. The number of nitrogen functional groups attached to an aromatic ring is 1. The molecule has 0 unspecified atom stereocenters. The Morgan fingerprint density at radius 3 is 2.79 bits per heavy atom. The van der Waals surface area contributed by atoms with Crippen LogP contribution in [0.2, 0.25) is 0 Å². The minimum absolute atomic E-state index is 0.0559. The van der Waals surface area contributed by atoms with Crippen LogP contribution in [0.3, 0.4) is 0 Å². The second-order valence-corrected chi connectivity index (χ2v) is 5.20. The predicted molar refractivity (Wildman–Crippen MR) is 76.3 cm³/mol. The highest BCUT2D eigenvalue weighted by atomic mass is 16.3. The van der Waals surface area contributed by atoms with Crippen molar-refractivity contribution < 1.29 is 5.11 Å². The Morgan fingerprint density at radius 1 is 1.37 bits per heavy atom. The van der Waals surface area contributed by atoms with E-state index in [0.29, 0.717) is 5.69 Å². The normalized spacial score (nSPS) is 22.2. The molecule has 4 N–H and O–H groups in total. The molecule has 0 radical (unpaired) electrons. The molecule has 1 aromatic heterocycles. The summed E-state index contributed by atoms with van der Waals surface area (Å²) in [5.41, 5.74) is 8.08. The van der Waals surface area contributed by atoms with E-state index >= 15 is 0 Å². The summed E-state index contributed by atoms with van der Waals surface area (Å²) in [7, 11) is 1.75. The van der Waals surface area contributed by atoms with Crippen molar-refractivity contribution in [3.8, 4) is 0 Å². The second-order valence-electron chi connectivity index (χ2n) is 5.20. The summed E-state index contributed by atoms with van der Waals surface area (Å²) < 4.78 is 1.61. The highest BCUT2D eigenvalue weighted by molar-refractivity contribution is 5.93. The summed E-state index contributed by atoms with van der Waals surface area (Å²) in [6.45, 7) is 0. The van der Waals surface area contributed by atoms with Gasteiger partial charge < -0.3 is 20.7 Å². The summed E-state index contributed by atoms with van der Waals surface area (Å²) in [5, 5.41) is 13.6. The molecule has 5 nitrogen and oxygen atoms in total. The van der Waals surface area contributed by atoms with E-state index in [0.717, 1.165) is 29.4 Å². The van der Waals surface area contributed by atoms with Crippen LogP contribution in [-0.4, -0.2) is 21.8 Å². The molecule has 1 fully saturated rings. The molecule has 0 spiro atoms. The van der Waals surface area contributed by atoms with Gasteiger partial charge in [0.1, 0.15) is 0 Å². The van der Waals surface area contributed by atoms with Crippen LogP contribution < -0.4 is 16.6 Å². The molecule has 5 heteroatoms. The van der Waals surface area contributed by atoms with Crippen molar-refractivity contribution in [1.29, 1.82) is 0 Å². The highest BCUT2D eigenvalue weighted by Gasteiger charge is 2.27. The largest absolute Gasteiger partial charge is 0.399 e. The summed E-state index contributed by atoms with van der Waals surface area (Å²) in [6, 6.07) is 7.33. The van der Waals surface area contributed by atoms with Gasteiger partial charge in [-0.05, 0) is 31.0 Å². The van der Waals surface area contributed by atoms with E-state index in [4.69, 9.17) is 5.73 Å². The Hall–Kier alpha value is -2.01. The molecule has 1 heterocycles. The molecule has 100 valence electrons. The van der Waals surface area contributed by atoms with E-state index in [-0.39, 0.29) is 17.7 Å². The van der Waals surface area contributed by atoms with E-state index in [1.165, 1.54) is 0 Å². The molecule has 0 aliphatic heterocycles. The van der Waals surface area contributed by atoms with Gasteiger partial charge in [-0.15, -0.1) is 0 Å². The first kappa shape index (κ1) is 12.0.